The predicted octanol–water partition coefficient (Wildman–Crippen LogP) is 5.25. The van der Waals surface area contributed by atoms with Gasteiger partial charge in [0.1, 0.15) is 5.75 Å². The molecule has 1 aromatic carbocycles. The molecule has 0 N–H and O–H groups in total. The number of rotatable bonds is 9. The normalized spacial score (nSPS) is 22.4. The highest BCUT2D eigenvalue weighted by atomic mass is 32.2. The first-order valence-electron chi connectivity index (χ1n) is 16.4. The second kappa shape index (κ2) is 13.3. The lowest BCUT2D eigenvalue weighted by Gasteiger charge is -2.42. The molecule has 4 heterocycles. The molecule has 2 aliphatic heterocycles. The van der Waals surface area contributed by atoms with Crippen LogP contribution in [0.5, 0.6) is 5.75 Å². The zero-order chi connectivity index (χ0) is 31.7. The molecule has 2 aromatic heterocycles. The molecule has 0 radical (unpaired) electrons. The molecule has 3 aliphatic rings. The second-order valence-electron chi connectivity index (χ2n) is 13.1. The van der Waals surface area contributed by atoms with Crippen LogP contribution < -0.4 is 4.74 Å². The number of aryl methyl sites for hydroxylation is 2. The number of hydrogen-bond acceptors (Lipinski definition) is 6. The van der Waals surface area contributed by atoms with Gasteiger partial charge in [-0.05, 0) is 111 Å². The lowest BCUT2D eigenvalue weighted by atomic mass is 9.87. The fourth-order valence-electron chi connectivity index (χ4n) is 7.93. The van der Waals surface area contributed by atoms with Gasteiger partial charge in [-0.3, -0.25) is 14.7 Å². The van der Waals surface area contributed by atoms with Crippen LogP contribution in [-0.2, 0) is 34.3 Å². The maximum atomic E-state index is 14.2. The number of amides is 1. The Labute approximate surface area is 268 Å². The number of methoxy groups -OCH3 is 1. The summed E-state index contributed by atoms with van der Waals surface area (Å²) in [6.07, 6.45) is 12.9. The highest BCUT2D eigenvalue weighted by molar-refractivity contribution is 7.89. The van der Waals surface area contributed by atoms with Crippen LogP contribution in [0.2, 0.25) is 0 Å². The molecule has 10 heteroatoms. The Morgan fingerprint density at radius 2 is 1.89 bits per heavy atom. The van der Waals surface area contributed by atoms with Gasteiger partial charge in [0.15, 0.2) is 0 Å². The van der Waals surface area contributed by atoms with Crippen LogP contribution in [0.25, 0.3) is 0 Å². The van der Waals surface area contributed by atoms with Gasteiger partial charge in [0.05, 0.1) is 18.0 Å². The minimum Gasteiger partial charge on any atom is -0.497 e. The van der Waals surface area contributed by atoms with Gasteiger partial charge in [-0.15, -0.1) is 0 Å². The van der Waals surface area contributed by atoms with Crippen molar-refractivity contribution in [1.29, 1.82) is 0 Å². The lowest BCUT2D eigenvalue weighted by Crippen LogP contribution is -2.48. The zero-order valence-electron chi connectivity index (χ0n) is 27.1. The predicted molar refractivity (Wildman–Crippen MR) is 175 cm³/mol. The van der Waals surface area contributed by atoms with E-state index < -0.39 is 10.0 Å². The molecule has 3 atom stereocenters. The highest BCUT2D eigenvalue weighted by Crippen LogP contribution is 2.38. The molecule has 1 saturated carbocycles. The molecular formula is C35H47N5O4S. The largest absolute Gasteiger partial charge is 0.497 e. The number of hydrogen-bond donors (Lipinski definition) is 0. The van der Waals surface area contributed by atoms with Crippen molar-refractivity contribution in [2.45, 2.75) is 101 Å². The molecule has 1 amide bonds. The molecule has 1 fully saturated rings. The molecule has 0 spiro atoms. The standard InChI is InChI=1S/C35H47N5O4S/c1-25-20-31(44-4)21-26(2)35(25)45(42,43)40-19-18-38-16-7-11-32(38)33(40)10-6-12-34(41)37(3)29-8-5-9-30(22-29)39-17-14-27-23-36-15-13-28(27)24-39/h7,11,13,15-16,20-21,23,29-30,33H,5-6,8-10,12,14,17-19,22,24H2,1-4H3/t29-,30+,33?/m0/s1. The Morgan fingerprint density at radius 3 is 2.67 bits per heavy atom. The van der Waals surface area contributed by atoms with Crippen LogP contribution in [0, 0.1) is 13.8 Å². The summed E-state index contributed by atoms with van der Waals surface area (Å²) in [5.41, 5.74) is 5.09. The van der Waals surface area contributed by atoms with Crippen LogP contribution in [0.4, 0.5) is 0 Å². The monoisotopic (exact) mass is 633 g/mol. The van der Waals surface area contributed by atoms with E-state index in [1.54, 1.807) is 23.5 Å². The third-order valence-corrected chi connectivity index (χ3v) is 12.6. The van der Waals surface area contributed by atoms with E-state index >= 15 is 0 Å². The van der Waals surface area contributed by atoms with Gasteiger partial charge in [-0.2, -0.15) is 4.31 Å². The first-order chi connectivity index (χ1) is 21.7. The zero-order valence-corrected chi connectivity index (χ0v) is 27.9. The molecule has 1 aliphatic carbocycles. The topological polar surface area (TPSA) is 88.0 Å². The van der Waals surface area contributed by atoms with Crippen molar-refractivity contribution in [2.24, 2.45) is 0 Å². The van der Waals surface area contributed by atoms with Crippen molar-refractivity contribution < 1.29 is 17.9 Å². The van der Waals surface area contributed by atoms with Gasteiger partial charge in [0.2, 0.25) is 15.9 Å². The Hall–Kier alpha value is -3.21. The molecule has 0 saturated heterocycles. The second-order valence-corrected chi connectivity index (χ2v) is 14.9. The van der Waals surface area contributed by atoms with Crippen molar-refractivity contribution in [3.8, 4) is 5.75 Å². The molecule has 1 unspecified atom stereocenters. The summed E-state index contributed by atoms with van der Waals surface area (Å²) in [4.78, 5) is 22.8. The number of carbonyl (C=O) groups excluding carboxylic acids is 1. The minimum atomic E-state index is -3.78. The van der Waals surface area contributed by atoms with Gasteiger partial charge in [-0.1, -0.05) is 0 Å². The third-order valence-electron chi connectivity index (χ3n) is 10.3. The molecule has 45 heavy (non-hydrogen) atoms. The van der Waals surface area contributed by atoms with Crippen LogP contribution in [0.3, 0.4) is 0 Å². The maximum Gasteiger partial charge on any atom is 0.244 e. The van der Waals surface area contributed by atoms with Crippen molar-refractivity contribution in [3.63, 3.8) is 0 Å². The number of fused-ring (bicyclic) bond motifs is 2. The third kappa shape index (κ3) is 6.42. The lowest BCUT2D eigenvalue weighted by molar-refractivity contribution is -0.133. The van der Waals surface area contributed by atoms with Gasteiger partial charge in [-0.25, -0.2) is 8.42 Å². The number of aromatic nitrogens is 2. The van der Waals surface area contributed by atoms with Gasteiger partial charge in [0, 0.05) is 76.0 Å². The van der Waals surface area contributed by atoms with Gasteiger partial charge in [0.25, 0.3) is 0 Å². The highest BCUT2D eigenvalue weighted by Gasteiger charge is 2.38. The molecule has 242 valence electrons. The first-order valence-corrected chi connectivity index (χ1v) is 17.8. The maximum absolute atomic E-state index is 14.2. The Bertz CT molecular complexity index is 1610. The van der Waals surface area contributed by atoms with Crippen LogP contribution >= 0.6 is 0 Å². The average molecular weight is 634 g/mol. The first kappa shape index (κ1) is 31.8. The smallest absolute Gasteiger partial charge is 0.244 e. The van der Waals surface area contributed by atoms with Crippen molar-refractivity contribution in [2.75, 3.05) is 27.2 Å². The van der Waals surface area contributed by atoms with E-state index in [2.05, 4.69) is 20.5 Å². The van der Waals surface area contributed by atoms with E-state index in [1.165, 1.54) is 17.5 Å². The summed E-state index contributed by atoms with van der Waals surface area (Å²) in [5.74, 6) is 0.803. The molecular weight excluding hydrogens is 586 g/mol. The number of pyridine rings is 1. The molecule has 0 bridgehead atoms. The van der Waals surface area contributed by atoms with Crippen molar-refractivity contribution in [1.82, 2.24) is 23.7 Å². The Morgan fingerprint density at radius 1 is 1.09 bits per heavy atom. The van der Waals surface area contributed by atoms with Crippen LogP contribution in [0.1, 0.15) is 78.9 Å². The summed E-state index contributed by atoms with van der Waals surface area (Å²) < 4.78 is 37.6. The summed E-state index contributed by atoms with van der Waals surface area (Å²) in [6.45, 7) is 6.67. The summed E-state index contributed by atoms with van der Waals surface area (Å²) in [7, 11) is -0.222. The minimum absolute atomic E-state index is 0.151. The van der Waals surface area contributed by atoms with Gasteiger partial charge >= 0.3 is 0 Å². The summed E-state index contributed by atoms with van der Waals surface area (Å²) >= 11 is 0. The molecule has 3 aromatic rings. The molecule has 9 nitrogen and oxygen atoms in total. The number of carbonyl (C=O) groups is 1. The van der Waals surface area contributed by atoms with Crippen molar-refractivity contribution >= 4 is 15.9 Å². The van der Waals surface area contributed by atoms with E-state index in [-0.39, 0.29) is 18.0 Å². The van der Waals surface area contributed by atoms with Crippen LogP contribution in [0.15, 0.2) is 53.8 Å². The fourth-order valence-corrected chi connectivity index (χ4v) is 9.97. The Kier molecular flexibility index (Phi) is 9.36. The quantitative estimate of drug-likeness (QED) is 0.320. The van der Waals surface area contributed by atoms with E-state index in [1.807, 2.05) is 56.5 Å². The SMILES string of the molecule is COc1cc(C)c(S(=O)(=O)N2CCn3cccc3C2CCCC(=O)N(C)[C@H]2CCC[C@@H](N3CCc4cnccc4C3)C2)c(C)c1. The number of ether oxygens (including phenoxy) is 1. The number of sulfonamides is 1. The van der Waals surface area contributed by atoms with E-state index in [9.17, 15) is 13.2 Å². The van der Waals surface area contributed by atoms with E-state index in [4.69, 9.17) is 4.74 Å². The number of benzene rings is 1. The summed E-state index contributed by atoms with van der Waals surface area (Å²) in [6, 6.07) is 10.1. The fraction of sp³-hybridized carbons (Fsp3) is 0.543. The summed E-state index contributed by atoms with van der Waals surface area (Å²) in [5, 5.41) is 0. The Balaban J connectivity index is 1.10. The van der Waals surface area contributed by atoms with E-state index in [0.29, 0.717) is 60.2 Å². The van der Waals surface area contributed by atoms with Gasteiger partial charge < -0.3 is 14.2 Å². The van der Waals surface area contributed by atoms with Crippen LogP contribution in [-0.4, -0.2) is 77.3 Å². The average Bonchev–Trinajstić information content (AvgIpc) is 3.53. The molecule has 6 rings (SSSR count). The van der Waals surface area contributed by atoms with Crippen molar-refractivity contribution in [3.05, 3.63) is 76.9 Å². The van der Waals surface area contributed by atoms with E-state index in [0.717, 1.165) is 44.5 Å². The number of nitrogens with zero attached hydrogens (tertiary/aromatic N) is 5.